The van der Waals surface area contributed by atoms with Crippen LogP contribution in [0.1, 0.15) is 20.8 Å². The molecule has 0 fully saturated rings. The summed E-state index contributed by atoms with van der Waals surface area (Å²) in [5, 5.41) is 0. The van der Waals surface area contributed by atoms with Gasteiger partial charge in [0.1, 0.15) is 17.2 Å². The third-order valence-corrected chi connectivity index (χ3v) is 5.10. The number of nitrogens with one attached hydrogen (secondary N) is 1. The predicted molar refractivity (Wildman–Crippen MR) is 75.7 cm³/mol. The van der Waals surface area contributed by atoms with Gasteiger partial charge in [-0.05, 0) is 24.3 Å². The standard InChI is InChI=1S/C14H12N2O5S/c17-13-10-4-1-2-6-12(10)22(19,20)16(13)8-9-21-14(18)11-5-3-7-15-11/h1-7,15H,8-9H2. The minimum atomic E-state index is -3.86. The topological polar surface area (TPSA) is 96.5 Å². The smallest absolute Gasteiger partial charge is 0.354 e. The van der Waals surface area contributed by atoms with E-state index in [1.54, 1.807) is 24.4 Å². The van der Waals surface area contributed by atoms with Gasteiger partial charge in [0.15, 0.2) is 0 Å². The third-order valence-electron chi connectivity index (χ3n) is 3.26. The molecule has 22 heavy (non-hydrogen) atoms. The zero-order valence-corrected chi connectivity index (χ0v) is 12.2. The van der Waals surface area contributed by atoms with Crippen LogP contribution in [-0.2, 0) is 14.8 Å². The summed E-state index contributed by atoms with van der Waals surface area (Å²) in [7, 11) is -3.86. The van der Waals surface area contributed by atoms with Crippen LogP contribution in [0.3, 0.4) is 0 Å². The van der Waals surface area contributed by atoms with Crippen LogP contribution in [0, 0.1) is 0 Å². The predicted octanol–water partition coefficient (Wildman–Crippen LogP) is 1.02. The molecule has 0 unspecified atom stereocenters. The second-order valence-electron chi connectivity index (χ2n) is 4.60. The SMILES string of the molecule is O=C(OCCN1C(=O)c2ccccc2S1(=O)=O)c1ccc[nH]1. The maximum atomic E-state index is 12.3. The van der Waals surface area contributed by atoms with Crippen LogP contribution in [0.4, 0.5) is 0 Å². The Kier molecular flexibility index (Phi) is 3.45. The van der Waals surface area contributed by atoms with Gasteiger partial charge in [0.2, 0.25) is 0 Å². The summed E-state index contributed by atoms with van der Waals surface area (Å²) in [6, 6.07) is 9.17. The first kappa shape index (κ1) is 14.3. The number of hydrogen-bond donors (Lipinski definition) is 1. The molecule has 1 aromatic carbocycles. The largest absolute Gasteiger partial charge is 0.459 e. The quantitative estimate of drug-likeness (QED) is 0.848. The number of sulfonamides is 1. The summed E-state index contributed by atoms with van der Waals surface area (Å²) < 4.78 is 30.2. The van der Waals surface area contributed by atoms with Crippen LogP contribution in [0.2, 0.25) is 0 Å². The van der Waals surface area contributed by atoms with Gasteiger partial charge < -0.3 is 9.72 Å². The van der Waals surface area contributed by atoms with Crippen molar-refractivity contribution in [2.75, 3.05) is 13.2 Å². The van der Waals surface area contributed by atoms with E-state index >= 15 is 0 Å². The van der Waals surface area contributed by atoms with Crippen LogP contribution in [0.15, 0.2) is 47.5 Å². The van der Waals surface area contributed by atoms with Crippen LogP contribution in [0.25, 0.3) is 0 Å². The molecule has 0 spiro atoms. The van der Waals surface area contributed by atoms with Crippen molar-refractivity contribution >= 4 is 21.9 Å². The molecule has 2 heterocycles. The summed E-state index contributed by atoms with van der Waals surface area (Å²) in [6.07, 6.45) is 1.57. The third kappa shape index (κ3) is 2.27. The van der Waals surface area contributed by atoms with Gasteiger partial charge in [-0.15, -0.1) is 0 Å². The lowest BCUT2D eigenvalue weighted by molar-refractivity contribution is 0.0472. The van der Waals surface area contributed by atoms with Gasteiger partial charge in [0, 0.05) is 6.20 Å². The number of rotatable bonds is 4. The van der Waals surface area contributed by atoms with Crippen molar-refractivity contribution in [2.45, 2.75) is 4.90 Å². The fourth-order valence-corrected chi connectivity index (χ4v) is 3.76. The number of fused-ring (bicyclic) bond motifs is 1. The van der Waals surface area contributed by atoms with E-state index in [4.69, 9.17) is 4.74 Å². The van der Waals surface area contributed by atoms with E-state index < -0.39 is 21.9 Å². The maximum absolute atomic E-state index is 12.3. The van der Waals surface area contributed by atoms with E-state index in [1.807, 2.05) is 0 Å². The van der Waals surface area contributed by atoms with Crippen molar-refractivity contribution < 1.29 is 22.7 Å². The Balaban J connectivity index is 1.69. The van der Waals surface area contributed by atoms with E-state index in [0.29, 0.717) is 0 Å². The van der Waals surface area contributed by atoms with Gasteiger partial charge in [-0.25, -0.2) is 17.5 Å². The molecule has 0 aliphatic carbocycles. The van der Waals surface area contributed by atoms with E-state index in [2.05, 4.69) is 4.98 Å². The zero-order valence-electron chi connectivity index (χ0n) is 11.4. The van der Waals surface area contributed by atoms with Crippen molar-refractivity contribution in [1.29, 1.82) is 0 Å². The normalized spacial score (nSPS) is 15.6. The second-order valence-corrected chi connectivity index (χ2v) is 6.43. The van der Waals surface area contributed by atoms with Crippen molar-refractivity contribution in [3.05, 3.63) is 53.9 Å². The molecule has 8 heteroatoms. The maximum Gasteiger partial charge on any atom is 0.354 e. The first-order chi connectivity index (χ1) is 10.5. The highest BCUT2D eigenvalue weighted by Crippen LogP contribution is 2.29. The Hall–Kier alpha value is -2.61. The molecule has 0 bridgehead atoms. The number of ether oxygens (including phenoxy) is 1. The van der Waals surface area contributed by atoms with E-state index in [-0.39, 0.29) is 29.3 Å². The van der Waals surface area contributed by atoms with Crippen LogP contribution in [0.5, 0.6) is 0 Å². The molecule has 1 aliphatic heterocycles. The lowest BCUT2D eigenvalue weighted by Gasteiger charge is -2.14. The van der Waals surface area contributed by atoms with Gasteiger partial charge in [-0.3, -0.25) is 4.79 Å². The van der Waals surface area contributed by atoms with Gasteiger partial charge >= 0.3 is 5.97 Å². The van der Waals surface area contributed by atoms with Gasteiger partial charge in [-0.1, -0.05) is 12.1 Å². The molecular weight excluding hydrogens is 308 g/mol. The minimum absolute atomic E-state index is 0.0179. The molecule has 1 N–H and O–H groups in total. The molecule has 1 aromatic heterocycles. The molecule has 0 saturated carbocycles. The summed E-state index contributed by atoms with van der Waals surface area (Å²) in [4.78, 5) is 26.4. The molecule has 3 rings (SSSR count). The number of aromatic amines is 1. The second kappa shape index (κ2) is 5.30. The molecule has 114 valence electrons. The number of amides is 1. The molecule has 2 aromatic rings. The average Bonchev–Trinajstić information content (AvgIpc) is 3.10. The molecule has 0 atom stereocenters. The molecular formula is C14H12N2O5S. The number of aromatic nitrogens is 1. The van der Waals surface area contributed by atoms with Gasteiger partial charge in [0.05, 0.1) is 12.1 Å². The van der Waals surface area contributed by atoms with E-state index in [0.717, 1.165) is 4.31 Å². The summed E-state index contributed by atoms with van der Waals surface area (Å²) >= 11 is 0. The Labute approximate surface area is 126 Å². The lowest BCUT2D eigenvalue weighted by atomic mass is 10.2. The zero-order chi connectivity index (χ0) is 15.7. The van der Waals surface area contributed by atoms with E-state index in [9.17, 15) is 18.0 Å². The number of hydrogen-bond acceptors (Lipinski definition) is 5. The minimum Gasteiger partial charge on any atom is -0.459 e. The lowest BCUT2D eigenvalue weighted by Crippen LogP contribution is -2.33. The van der Waals surface area contributed by atoms with Crippen LogP contribution in [-0.4, -0.2) is 42.7 Å². The highest BCUT2D eigenvalue weighted by Gasteiger charge is 2.40. The summed E-state index contributed by atoms with van der Waals surface area (Å²) in [5.41, 5.74) is 0.400. The number of benzene rings is 1. The summed E-state index contributed by atoms with van der Waals surface area (Å²) in [6.45, 7) is -0.431. The number of H-pyrrole nitrogens is 1. The molecule has 0 saturated heterocycles. The molecule has 7 nitrogen and oxygen atoms in total. The monoisotopic (exact) mass is 320 g/mol. The van der Waals surface area contributed by atoms with Crippen molar-refractivity contribution in [3.8, 4) is 0 Å². The number of carbonyl (C=O) groups excluding carboxylic acids is 2. The van der Waals surface area contributed by atoms with Crippen molar-refractivity contribution in [2.24, 2.45) is 0 Å². The Morgan fingerprint density at radius 1 is 1.18 bits per heavy atom. The van der Waals surface area contributed by atoms with Crippen LogP contribution >= 0.6 is 0 Å². The molecule has 1 aliphatic rings. The van der Waals surface area contributed by atoms with E-state index in [1.165, 1.54) is 18.2 Å². The fourth-order valence-electron chi connectivity index (χ4n) is 2.21. The average molecular weight is 320 g/mol. The fraction of sp³-hybridized carbons (Fsp3) is 0.143. The number of esters is 1. The van der Waals surface area contributed by atoms with Crippen molar-refractivity contribution in [1.82, 2.24) is 9.29 Å². The molecule has 0 radical (unpaired) electrons. The summed E-state index contributed by atoms with van der Waals surface area (Å²) in [5.74, 6) is -1.21. The first-order valence-electron chi connectivity index (χ1n) is 6.48. The van der Waals surface area contributed by atoms with Crippen LogP contribution < -0.4 is 0 Å². The van der Waals surface area contributed by atoms with Gasteiger partial charge in [-0.2, -0.15) is 0 Å². The first-order valence-corrected chi connectivity index (χ1v) is 7.92. The number of nitrogens with zero attached hydrogens (tertiary/aromatic N) is 1. The Morgan fingerprint density at radius 2 is 1.95 bits per heavy atom. The van der Waals surface area contributed by atoms with Crippen molar-refractivity contribution in [3.63, 3.8) is 0 Å². The highest BCUT2D eigenvalue weighted by atomic mass is 32.2. The highest BCUT2D eigenvalue weighted by molar-refractivity contribution is 7.90. The molecule has 1 amide bonds. The number of carbonyl (C=O) groups is 2. The Bertz CT molecular complexity index is 827. The van der Waals surface area contributed by atoms with Gasteiger partial charge in [0.25, 0.3) is 15.9 Å². The Morgan fingerprint density at radius 3 is 2.64 bits per heavy atom.